The average Bonchev–Trinajstić information content (AvgIpc) is 2.60. The van der Waals surface area contributed by atoms with Crippen molar-refractivity contribution >= 4 is 40.9 Å². The van der Waals surface area contributed by atoms with Crippen molar-refractivity contribution in [2.24, 2.45) is 5.73 Å². The number of hydrogen-bond acceptors (Lipinski definition) is 6. The van der Waals surface area contributed by atoms with Crippen LogP contribution in [0.5, 0.6) is 11.5 Å². The first-order valence-electron chi connectivity index (χ1n) is 7.70. The van der Waals surface area contributed by atoms with Crippen LogP contribution in [0.15, 0.2) is 30.3 Å². The van der Waals surface area contributed by atoms with Crippen molar-refractivity contribution in [3.63, 3.8) is 0 Å². The van der Waals surface area contributed by atoms with Gasteiger partial charge in [0.25, 0.3) is 0 Å². The van der Waals surface area contributed by atoms with Gasteiger partial charge in [-0.15, -0.1) is 12.4 Å². The number of ketones is 1. The zero-order valence-electron chi connectivity index (χ0n) is 14.0. The van der Waals surface area contributed by atoms with Crippen LogP contribution in [0.2, 0.25) is 0 Å². The molecule has 0 saturated heterocycles. The van der Waals surface area contributed by atoms with Gasteiger partial charge in [-0.2, -0.15) is 0 Å². The summed E-state index contributed by atoms with van der Waals surface area (Å²) in [5, 5.41) is 1.43. The Hall–Kier alpha value is -2.44. The van der Waals surface area contributed by atoms with Gasteiger partial charge in [-0.05, 0) is 29.0 Å². The van der Waals surface area contributed by atoms with Crippen molar-refractivity contribution in [2.45, 2.75) is 26.7 Å². The minimum Gasteiger partial charge on any atom is -0.422 e. The predicted molar refractivity (Wildman–Crippen MR) is 96.4 cm³/mol. The molecule has 0 aliphatic rings. The third kappa shape index (κ3) is 5.01. The smallest absolute Gasteiger partial charge is 0.311 e. The Bertz CT molecular complexity index is 803. The van der Waals surface area contributed by atoms with E-state index in [0.29, 0.717) is 10.9 Å². The number of nitrogens with two attached hydrogens (primary N) is 1. The summed E-state index contributed by atoms with van der Waals surface area (Å²) >= 11 is 0. The number of ether oxygens (including phenoxy) is 2. The van der Waals surface area contributed by atoms with Gasteiger partial charge in [-0.3, -0.25) is 14.4 Å². The van der Waals surface area contributed by atoms with Crippen LogP contribution < -0.4 is 15.2 Å². The maximum atomic E-state index is 11.7. The molecule has 0 heterocycles. The van der Waals surface area contributed by atoms with Crippen LogP contribution in [0, 0.1) is 0 Å². The van der Waals surface area contributed by atoms with Crippen LogP contribution in [-0.4, -0.2) is 24.3 Å². The Kier molecular flexibility index (Phi) is 7.54. The first kappa shape index (κ1) is 20.6. The number of halogens is 1. The Morgan fingerprint density at radius 1 is 0.880 bits per heavy atom. The molecule has 0 aromatic heterocycles. The second-order valence-corrected chi connectivity index (χ2v) is 5.14. The molecule has 0 unspecified atom stereocenters. The van der Waals surface area contributed by atoms with Crippen LogP contribution in [0.3, 0.4) is 0 Å². The summed E-state index contributed by atoms with van der Waals surface area (Å²) in [5.41, 5.74) is 5.85. The monoisotopic (exact) mass is 365 g/mol. The summed E-state index contributed by atoms with van der Waals surface area (Å²) in [4.78, 5) is 34.9. The highest BCUT2D eigenvalue weighted by molar-refractivity contribution is 6.01. The SMILES string of the molecule is CCC(=O)Oc1cc2ccc(C(=O)CN)cc2cc1OC(=O)CC.Cl. The molecule has 0 bridgehead atoms. The molecule has 0 amide bonds. The molecule has 0 aliphatic heterocycles. The number of Topliss-reactive ketones (excluding diaryl/α,β-unsaturated/α-hetero) is 1. The highest BCUT2D eigenvalue weighted by Crippen LogP contribution is 2.33. The van der Waals surface area contributed by atoms with Gasteiger partial charge in [0, 0.05) is 18.4 Å². The highest BCUT2D eigenvalue weighted by atomic mass is 35.5. The van der Waals surface area contributed by atoms with Crippen LogP contribution in [-0.2, 0) is 9.59 Å². The van der Waals surface area contributed by atoms with E-state index in [-0.39, 0.29) is 49.1 Å². The minimum atomic E-state index is -0.447. The third-order valence-electron chi connectivity index (χ3n) is 3.44. The lowest BCUT2D eigenvalue weighted by molar-refractivity contribution is -0.136. The molecule has 0 radical (unpaired) electrons. The molecule has 2 rings (SSSR count). The van der Waals surface area contributed by atoms with Crippen molar-refractivity contribution in [1.29, 1.82) is 0 Å². The van der Waals surface area contributed by atoms with Gasteiger partial charge in [0.1, 0.15) is 0 Å². The maximum Gasteiger partial charge on any atom is 0.311 e. The molecular formula is C18H20ClNO5. The lowest BCUT2D eigenvalue weighted by Gasteiger charge is -2.12. The van der Waals surface area contributed by atoms with Crippen LogP contribution in [0.4, 0.5) is 0 Å². The summed E-state index contributed by atoms with van der Waals surface area (Å²) in [6.07, 6.45) is 0.383. The highest BCUT2D eigenvalue weighted by Gasteiger charge is 2.15. The van der Waals surface area contributed by atoms with Crippen LogP contribution in [0.1, 0.15) is 37.0 Å². The van der Waals surface area contributed by atoms with Crippen molar-refractivity contribution in [2.75, 3.05) is 6.54 Å². The summed E-state index contributed by atoms with van der Waals surface area (Å²) in [7, 11) is 0. The van der Waals surface area contributed by atoms with E-state index in [1.165, 1.54) is 0 Å². The maximum absolute atomic E-state index is 11.7. The number of benzene rings is 2. The second-order valence-electron chi connectivity index (χ2n) is 5.14. The number of esters is 2. The summed E-state index contributed by atoms with van der Waals surface area (Å²) in [6.45, 7) is 3.25. The molecule has 0 fully saturated rings. The van der Waals surface area contributed by atoms with Crippen molar-refractivity contribution < 1.29 is 23.9 Å². The Morgan fingerprint density at radius 3 is 1.88 bits per heavy atom. The summed E-state index contributed by atoms with van der Waals surface area (Å²) < 4.78 is 10.5. The summed E-state index contributed by atoms with van der Waals surface area (Å²) in [6, 6.07) is 8.24. The number of fused-ring (bicyclic) bond motifs is 1. The van der Waals surface area contributed by atoms with Crippen molar-refractivity contribution in [3.8, 4) is 11.5 Å². The van der Waals surface area contributed by atoms with E-state index < -0.39 is 11.9 Å². The average molecular weight is 366 g/mol. The quantitative estimate of drug-likeness (QED) is 0.480. The molecule has 6 nitrogen and oxygen atoms in total. The van der Waals surface area contributed by atoms with Gasteiger partial charge in [-0.1, -0.05) is 26.0 Å². The predicted octanol–water partition coefficient (Wildman–Crippen LogP) is 3.03. The van der Waals surface area contributed by atoms with E-state index >= 15 is 0 Å². The molecule has 7 heteroatoms. The van der Waals surface area contributed by atoms with Gasteiger partial charge < -0.3 is 15.2 Å². The number of hydrogen-bond donors (Lipinski definition) is 1. The van der Waals surface area contributed by atoms with E-state index in [1.54, 1.807) is 44.2 Å². The van der Waals surface area contributed by atoms with E-state index in [1.807, 2.05) is 0 Å². The van der Waals surface area contributed by atoms with Gasteiger partial charge in [0.2, 0.25) is 0 Å². The lowest BCUT2D eigenvalue weighted by atomic mass is 10.0. The number of carbonyl (C=O) groups is 3. The third-order valence-corrected chi connectivity index (χ3v) is 3.44. The van der Waals surface area contributed by atoms with Crippen molar-refractivity contribution in [3.05, 3.63) is 35.9 Å². The second kappa shape index (κ2) is 9.15. The van der Waals surface area contributed by atoms with E-state index in [2.05, 4.69) is 0 Å². The van der Waals surface area contributed by atoms with E-state index in [4.69, 9.17) is 15.2 Å². The van der Waals surface area contributed by atoms with Crippen molar-refractivity contribution in [1.82, 2.24) is 0 Å². The molecule has 0 atom stereocenters. The first-order valence-corrected chi connectivity index (χ1v) is 7.70. The zero-order chi connectivity index (χ0) is 17.7. The molecular weight excluding hydrogens is 346 g/mol. The standard InChI is InChI=1S/C18H19NO5.ClH/c1-3-17(21)23-15-8-11-5-6-12(14(20)10-19)7-13(11)9-16(15)24-18(22)4-2;/h5-9H,3-4,10,19H2,1-2H3;1H. The molecule has 0 saturated carbocycles. The summed E-state index contributed by atoms with van der Waals surface area (Å²) in [5.74, 6) is -0.747. The minimum absolute atomic E-state index is 0. The zero-order valence-corrected chi connectivity index (χ0v) is 14.9. The fraction of sp³-hybridized carbons (Fsp3) is 0.278. The van der Waals surface area contributed by atoms with Gasteiger partial charge in [0.15, 0.2) is 17.3 Å². The molecule has 134 valence electrons. The van der Waals surface area contributed by atoms with Crippen LogP contribution >= 0.6 is 12.4 Å². The fourth-order valence-electron chi connectivity index (χ4n) is 2.10. The van der Waals surface area contributed by atoms with Crippen LogP contribution in [0.25, 0.3) is 10.8 Å². The molecule has 0 aliphatic carbocycles. The van der Waals surface area contributed by atoms with Gasteiger partial charge in [0.05, 0.1) is 6.54 Å². The molecule has 25 heavy (non-hydrogen) atoms. The molecule has 2 aromatic rings. The molecule has 2 aromatic carbocycles. The van der Waals surface area contributed by atoms with E-state index in [0.717, 1.165) is 5.39 Å². The normalized spacial score (nSPS) is 10.0. The topological polar surface area (TPSA) is 95.7 Å². The lowest BCUT2D eigenvalue weighted by Crippen LogP contribution is -2.13. The van der Waals surface area contributed by atoms with E-state index in [9.17, 15) is 14.4 Å². The van der Waals surface area contributed by atoms with Gasteiger partial charge in [-0.25, -0.2) is 0 Å². The Labute approximate surface area is 151 Å². The number of carbonyl (C=O) groups excluding carboxylic acids is 3. The first-order chi connectivity index (χ1) is 11.5. The molecule has 2 N–H and O–H groups in total. The Morgan fingerprint density at radius 2 is 1.40 bits per heavy atom. The number of rotatable bonds is 6. The Balaban J connectivity index is 0.00000312. The van der Waals surface area contributed by atoms with Gasteiger partial charge >= 0.3 is 11.9 Å². The largest absolute Gasteiger partial charge is 0.422 e. The molecule has 0 spiro atoms. The fourth-order valence-corrected chi connectivity index (χ4v) is 2.10.